The lowest BCUT2D eigenvalue weighted by Crippen LogP contribution is -2.43. The molecule has 5 heteroatoms. The van der Waals surface area contributed by atoms with Crippen LogP contribution in [0.4, 0.5) is 0 Å². The van der Waals surface area contributed by atoms with Crippen LogP contribution in [0.15, 0.2) is 30.3 Å². The Morgan fingerprint density at radius 2 is 1.76 bits per heavy atom. The molecular formula is C16H12N4O. The van der Waals surface area contributed by atoms with E-state index < -0.39 is 22.3 Å². The quantitative estimate of drug-likeness (QED) is 0.850. The molecule has 2 bridgehead atoms. The lowest BCUT2D eigenvalue weighted by molar-refractivity contribution is 0.0527. The topological polar surface area (TPSA) is 104 Å². The van der Waals surface area contributed by atoms with Gasteiger partial charge in [-0.05, 0) is 18.9 Å². The second kappa shape index (κ2) is 3.84. The molecule has 0 spiro atoms. The monoisotopic (exact) mass is 276 g/mol. The van der Waals surface area contributed by atoms with E-state index in [1.54, 1.807) is 6.92 Å². The molecule has 0 amide bonds. The van der Waals surface area contributed by atoms with Crippen molar-refractivity contribution >= 4 is 5.90 Å². The van der Waals surface area contributed by atoms with Gasteiger partial charge in [-0.1, -0.05) is 30.3 Å². The third-order valence-electron chi connectivity index (χ3n) is 4.90. The fourth-order valence-electron chi connectivity index (χ4n) is 3.83. The molecule has 1 aliphatic carbocycles. The Morgan fingerprint density at radius 1 is 1.14 bits per heavy atom. The van der Waals surface area contributed by atoms with Crippen molar-refractivity contribution in [1.29, 1.82) is 21.2 Å². The largest absolute Gasteiger partial charge is 0.471 e. The molecule has 1 aromatic rings. The van der Waals surface area contributed by atoms with Gasteiger partial charge < -0.3 is 4.74 Å². The summed E-state index contributed by atoms with van der Waals surface area (Å²) in [5, 5.41) is 37.2. The third kappa shape index (κ3) is 1.17. The molecule has 2 fully saturated rings. The summed E-state index contributed by atoms with van der Waals surface area (Å²) in [5.74, 6) is -0.662. The van der Waals surface area contributed by atoms with E-state index in [-0.39, 0.29) is 5.90 Å². The van der Waals surface area contributed by atoms with Crippen molar-refractivity contribution in [2.75, 3.05) is 0 Å². The summed E-state index contributed by atoms with van der Waals surface area (Å²) in [4.78, 5) is 0. The average Bonchev–Trinajstić information content (AvgIpc) is 2.84. The molecule has 0 radical (unpaired) electrons. The molecule has 0 unspecified atom stereocenters. The number of fused-ring (bicyclic) bond motifs is 2. The van der Waals surface area contributed by atoms with Crippen molar-refractivity contribution < 1.29 is 4.74 Å². The van der Waals surface area contributed by atoms with E-state index >= 15 is 0 Å². The Bertz CT molecular complexity index is 737. The minimum Gasteiger partial charge on any atom is -0.471 e. The van der Waals surface area contributed by atoms with E-state index in [1.807, 2.05) is 42.5 Å². The normalized spacial score (nSPS) is 35.3. The first kappa shape index (κ1) is 13.2. The lowest BCUT2D eigenvalue weighted by Gasteiger charge is -2.30. The van der Waals surface area contributed by atoms with E-state index in [9.17, 15) is 15.8 Å². The van der Waals surface area contributed by atoms with Crippen LogP contribution in [0.1, 0.15) is 24.8 Å². The number of nitrogens with zero attached hydrogens (tertiary/aromatic N) is 3. The van der Waals surface area contributed by atoms with Gasteiger partial charge in [0.05, 0.1) is 18.2 Å². The van der Waals surface area contributed by atoms with Gasteiger partial charge in [0, 0.05) is 5.92 Å². The summed E-state index contributed by atoms with van der Waals surface area (Å²) in [6, 6.07) is 15.4. The predicted octanol–water partition coefficient (Wildman–Crippen LogP) is 2.48. The summed E-state index contributed by atoms with van der Waals surface area (Å²) in [6.45, 7) is 1.65. The molecule has 3 rings (SSSR count). The highest BCUT2D eigenvalue weighted by atomic mass is 16.5. The number of benzene rings is 1. The highest BCUT2D eigenvalue weighted by molar-refractivity contribution is 5.92. The minimum atomic E-state index is -1.66. The molecule has 21 heavy (non-hydrogen) atoms. The lowest BCUT2D eigenvalue weighted by atomic mass is 9.62. The van der Waals surface area contributed by atoms with Crippen LogP contribution in [0.2, 0.25) is 0 Å². The molecule has 0 aromatic heterocycles. The van der Waals surface area contributed by atoms with Gasteiger partial charge in [-0.25, -0.2) is 0 Å². The molecular weight excluding hydrogens is 264 g/mol. The van der Waals surface area contributed by atoms with E-state index in [0.717, 1.165) is 5.56 Å². The van der Waals surface area contributed by atoms with Crippen LogP contribution in [0.25, 0.3) is 0 Å². The van der Waals surface area contributed by atoms with Gasteiger partial charge in [0.2, 0.25) is 11.3 Å². The number of ether oxygens (including phenoxy) is 1. The van der Waals surface area contributed by atoms with Crippen LogP contribution in [-0.2, 0) is 4.74 Å². The summed E-state index contributed by atoms with van der Waals surface area (Å²) in [6.07, 6.45) is 0.369. The Morgan fingerprint density at radius 3 is 2.29 bits per heavy atom. The van der Waals surface area contributed by atoms with Gasteiger partial charge in [0.25, 0.3) is 0 Å². The van der Waals surface area contributed by atoms with Gasteiger partial charge in [-0.3, -0.25) is 5.41 Å². The number of nitrogens with one attached hydrogen (secondary N) is 1. The second-order valence-electron chi connectivity index (χ2n) is 5.72. The van der Waals surface area contributed by atoms with Gasteiger partial charge in [-0.2, -0.15) is 15.8 Å². The van der Waals surface area contributed by atoms with Crippen LogP contribution in [0.3, 0.4) is 0 Å². The highest BCUT2D eigenvalue weighted by Crippen LogP contribution is 2.70. The van der Waals surface area contributed by atoms with E-state index in [4.69, 9.17) is 10.1 Å². The van der Waals surface area contributed by atoms with Crippen molar-refractivity contribution in [1.82, 2.24) is 0 Å². The smallest absolute Gasteiger partial charge is 0.210 e. The van der Waals surface area contributed by atoms with Crippen molar-refractivity contribution in [2.24, 2.45) is 10.8 Å². The van der Waals surface area contributed by atoms with E-state index in [0.29, 0.717) is 6.42 Å². The van der Waals surface area contributed by atoms with Gasteiger partial charge in [-0.15, -0.1) is 0 Å². The maximum absolute atomic E-state index is 9.78. The van der Waals surface area contributed by atoms with Gasteiger partial charge >= 0.3 is 0 Å². The fourth-order valence-corrected chi connectivity index (χ4v) is 3.83. The van der Waals surface area contributed by atoms with Gasteiger partial charge in [0.1, 0.15) is 5.60 Å². The van der Waals surface area contributed by atoms with Crippen molar-refractivity contribution in [3.63, 3.8) is 0 Å². The summed E-state index contributed by atoms with van der Waals surface area (Å²) in [5.41, 5.74) is -3.49. The van der Waals surface area contributed by atoms with Crippen LogP contribution >= 0.6 is 0 Å². The fraction of sp³-hybridized carbons (Fsp3) is 0.375. The standard InChI is InChI=1S/C16H12N4O/c1-14-7-12(11-5-3-2-4-6-11)16(10-19,13(20)21-14)15(14,8-17)9-18/h2-6,12,20H,7H2,1H3/t12-,14+,16+/m1/s1. The molecule has 102 valence electrons. The van der Waals surface area contributed by atoms with Crippen LogP contribution < -0.4 is 0 Å². The van der Waals surface area contributed by atoms with Crippen molar-refractivity contribution in [3.05, 3.63) is 35.9 Å². The van der Waals surface area contributed by atoms with Crippen molar-refractivity contribution in [3.8, 4) is 18.2 Å². The molecule has 1 saturated heterocycles. The predicted molar refractivity (Wildman–Crippen MR) is 72.7 cm³/mol. The third-order valence-corrected chi connectivity index (χ3v) is 4.90. The molecule has 3 atom stereocenters. The number of rotatable bonds is 1. The van der Waals surface area contributed by atoms with Crippen molar-refractivity contribution in [2.45, 2.75) is 24.9 Å². The molecule has 1 heterocycles. The Labute approximate surface area is 122 Å². The van der Waals surface area contributed by atoms with Gasteiger partial charge in [0.15, 0.2) is 5.41 Å². The summed E-state index contributed by atoms with van der Waals surface area (Å²) in [7, 11) is 0. The second-order valence-corrected chi connectivity index (χ2v) is 5.72. The minimum absolute atomic E-state index is 0.268. The zero-order chi connectivity index (χ0) is 15.3. The first-order valence-corrected chi connectivity index (χ1v) is 6.58. The molecule has 1 saturated carbocycles. The molecule has 5 nitrogen and oxygen atoms in total. The first-order valence-electron chi connectivity index (χ1n) is 6.58. The molecule has 1 aromatic carbocycles. The molecule has 2 aliphatic rings. The highest BCUT2D eigenvalue weighted by Gasteiger charge is 2.82. The maximum atomic E-state index is 9.78. The summed E-state index contributed by atoms with van der Waals surface area (Å²) >= 11 is 0. The Balaban J connectivity index is 2.31. The maximum Gasteiger partial charge on any atom is 0.210 e. The van der Waals surface area contributed by atoms with E-state index in [1.165, 1.54) is 0 Å². The Kier molecular flexibility index (Phi) is 2.41. The number of nitriles is 3. The zero-order valence-corrected chi connectivity index (χ0v) is 11.4. The summed E-state index contributed by atoms with van der Waals surface area (Å²) < 4.78 is 5.51. The van der Waals surface area contributed by atoms with Crippen LogP contribution in [0.5, 0.6) is 0 Å². The van der Waals surface area contributed by atoms with E-state index in [2.05, 4.69) is 6.07 Å². The SMILES string of the molecule is C[C@@]12C[C@H](c3ccccc3)[C@@](C#N)(C(=N)O1)C2(C#N)C#N. The van der Waals surface area contributed by atoms with Crippen LogP contribution in [0, 0.1) is 50.2 Å². The number of hydrogen-bond acceptors (Lipinski definition) is 5. The Hall–Kier alpha value is -2.84. The average molecular weight is 276 g/mol. The first-order chi connectivity index (χ1) is 10.0. The molecule has 1 aliphatic heterocycles. The molecule has 1 N–H and O–H groups in total. The van der Waals surface area contributed by atoms with Crippen LogP contribution in [-0.4, -0.2) is 11.5 Å². The zero-order valence-electron chi connectivity index (χ0n) is 11.4. The number of hydrogen-bond donors (Lipinski definition) is 1.